The van der Waals surface area contributed by atoms with Gasteiger partial charge in [-0.05, 0) is 31.5 Å². The van der Waals surface area contributed by atoms with Gasteiger partial charge in [0.25, 0.3) is 0 Å². The summed E-state index contributed by atoms with van der Waals surface area (Å²) in [5.41, 5.74) is 5.47. The molecule has 1 rings (SSSR count). The fraction of sp³-hybridized carbons (Fsp3) is 0.273. The van der Waals surface area contributed by atoms with Crippen LogP contribution in [0.1, 0.15) is 13.3 Å². The van der Waals surface area contributed by atoms with E-state index in [-0.39, 0.29) is 16.6 Å². The van der Waals surface area contributed by atoms with E-state index in [4.69, 9.17) is 5.73 Å². The van der Waals surface area contributed by atoms with Gasteiger partial charge in [-0.15, -0.1) is 6.58 Å². The molecule has 0 fully saturated rings. The zero-order chi connectivity index (χ0) is 13.1. The molecule has 1 unspecified atom stereocenters. The van der Waals surface area contributed by atoms with Gasteiger partial charge in [-0.2, -0.15) is 0 Å². The fourth-order valence-corrected chi connectivity index (χ4v) is 2.69. The van der Waals surface area contributed by atoms with Crippen molar-refractivity contribution in [1.82, 2.24) is 4.72 Å². The van der Waals surface area contributed by atoms with Crippen LogP contribution in [-0.4, -0.2) is 14.5 Å². The van der Waals surface area contributed by atoms with E-state index in [1.165, 1.54) is 6.07 Å². The first-order valence-corrected chi connectivity index (χ1v) is 6.53. The first-order valence-electron chi connectivity index (χ1n) is 5.04. The van der Waals surface area contributed by atoms with Crippen molar-refractivity contribution in [2.45, 2.75) is 24.3 Å². The molecule has 17 heavy (non-hydrogen) atoms. The van der Waals surface area contributed by atoms with Crippen LogP contribution in [0.2, 0.25) is 0 Å². The van der Waals surface area contributed by atoms with Crippen LogP contribution in [0.3, 0.4) is 0 Å². The lowest BCUT2D eigenvalue weighted by Crippen LogP contribution is -2.32. The number of sulfonamides is 1. The molecule has 3 N–H and O–H groups in total. The van der Waals surface area contributed by atoms with Crippen LogP contribution in [0.15, 0.2) is 35.7 Å². The van der Waals surface area contributed by atoms with E-state index in [9.17, 15) is 12.8 Å². The number of benzene rings is 1. The zero-order valence-corrected chi connectivity index (χ0v) is 10.3. The number of hydrogen-bond donors (Lipinski definition) is 2. The summed E-state index contributed by atoms with van der Waals surface area (Å²) >= 11 is 0. The van der Waals surface area contributed by atoms with Gasteiger partial charge in [0.05, 0.1) is 4.90 Å². The van der Waals surface area contributed by atoms with Crippen LogP contribution in [0.4, 0.5) is 10.1 Å². The number of halogens is 1. The van der Waals surface area contributed by atoms with Gasteiger partial charge in [0.15, 0.2) is 0 Å². The third-order valence-corrected chi connectivity index (χ3v) is 3.65. The second-order valence-electron chi connectivity index (χ2n) is 3.77. The number of hydrogen-bond acceptors (Lipinski definition) is 3. The first kappa shape index (κ1) is 13.7. The van der Waals surface area contributed by atoms with E-state index < -0.39 is 15.8 Å². The predicted octanol–water partition coefficient (Wildman–Crippen LogP) is 1.65. The largest absolute Gasteiger partial charge is 0.399 e. The molecule has 0 radical (unpaired) electrons. The molecule has 6 heteroatoms. The molecule has 0 aromatic heterocycles. The lowest BCUT2D eigenvalue weighted by molar-refractivity contribution is 0.559. The van der Waals surface area contributed by atoms with Crippen LogP contribution in [-0.2, 0) is 10.0 Å². The highest BCUT2D eigenvalue weighted by Gasteiger charge is 2.17. The van der Waals surface area contributed by atoms with Gasteiger partial charge in [0.2, 0.25) is 10.0 Å². The Kier molecular flexibility index (Phi) is 4.25. The number of rotatable bonds is 5. The second-order valence-corrected chi connectivity index (χ2v) is 5.48. The van der Waals surface area contributed by atoms with E-state index in [0.717, 1.165) is 12.1 Å². The van der Waals surface area contributed by atoms with Crippen molar-refractivity contribution in [3.05, 3.63) is 36.7 Å². The molecule has 1 atom stereocenters. The summed E-state index contributed by atoms with van der Waals surface area (Å²) in [5, 5.41) is 0. The van der Waals surface area contributed by atoms with Crippen molar-refractivity contribution in [2.24, 2.45) is 0 Å². The Morgan fingerprint density at radius 2 is 2.18 bits per heavy atom. The van der Waals surface area contributed by atoms with E-state index in [1.807, 2.05) is 0 Å². The van der Waals surface area contributed by atoms with Crippen LogP contribution >= 0.6 is 0 Å². The molecule has 0 aliphatic rings. The van der Waals surface area contributed by atoms with Crippen molar-refractivity contribution in [1.29, 1.82) is 0 Å². The summed E-state index contributed by atoms with van der Waals surface area (Å²) in [5.74, 6) is -0.679. The molecule has 0 bridgehead atoms. The average Bonchev–Trinajstić information content (AvgIpc) is 2.15. The summed E-state index contributed by atoms with van der Waals surface area (Å²) in [7, 11) is -3.74. The predicted molar refractivity (Wildman–Crippen MR) is 65.4 cm³/mol. The minimum Gasteiger partial charge on any atom is -0.399 e. The maximum Gasteiger partial charge on any atom is 0.240 e. The van der Waals surface area contributed by atoms with E-state index in [2.05, 4.69) is 11.3 Å². The third-order valence-electron chi connectivity index (χ3n) is 2.08. The molecule has 94 valence electrons. The van der Waals surface area contributed by atoms with Crippen molar-refractivity contribution in [2.75, 3.05) is 5.73 Å². The normalized spacial score (nSPS) is 13.3. The highest BCUT2D eigenvalue weighted by atomic mass is 32.2. The van der Waals surface area contributed by atoms with E-state index >= 15 is 0 Å². The molecule has 0 spiro atoms. The van der Waals surface area contributed by atoms with Crippen LogP contribution in [0.5, 0.6) is 0 Å². The quantitative estimate of drug-likeness (QED) is 0.623. The lowest BCUT2D eigenvalue weighted by atomic mass is 10.3. The molecule has 1 aromatic rings. The number of nitrogen functional groups attached to an aromatic ring is 1. The zero-order valence-electron chi connectivity index (χ0n) is 9.48. The molecule has 0 aliphatic heterocycles. The molecular weight excluding hydrogens is 243 g/mol. The minimum atomic E-state index is -3.74. The molecule has 0 heterocycles. The van der Waals surface area contributed by atoms with Crippen LogP contribution in [0.25, 0.3) is 0 Å². The number of anilines is 1. The minimum absolute atomic E-state index is 0.0711. The third kappa shape index (κ3) is 3.83. The topological polar surface area (TPSA) is 72.2 Å². The van der Waals surface area contributed by atoms with Gasteiger partial charge in [0.1, 0.15) is 5.82 Å². The van der Waals surface area contributed by atoms with Crippen LogP contribution < -0.4 is 10.5 Å². The summed E-state index contributed by atoms with van der Waals surface area (Å²) in [6, 6.07) is 2.90. The molecule has 0 aliphatic carbocycles. The molecule has 1 aromatic carbocycles. The Labute approximate surface area is 100 Å². The van der Waals surface area contributed by atoms with Crippen molar-refractivity contribution < 1.29 is 12.8 Å². The molecule has 0 saturated heterocycles. The Bertz CT molecular complexity index is 494. The fourth-order valence-electron chi connectivity index (χ4n) is 1.37. The first-order chi connectivity index (χ1) is 7.85. The lowest BCUT2D eigenvalue weighted by Gasteiger charge is -2.12. The Morgan fingerprint density at radius 1 is 1.53 bits per heavy atom. The Balaban J connectivity index is 3.00. The Morgan fingerprint density at radius 3 is 2.71 bits per heavy atom. The van der Waals surface area contributed by atoms with Gasteiger partial charge < -0.3 is 5.73 Å². The van der Waals surface area contributed by atoms with Crippen molar-refractivity contribution in [3.8, 4) is 0 Å². The summed E-state index contributed by atoms with van der Waals surface area (Å²) in [6.07, 6.45) is 2.09. The smallest absolute Gasteiger partial charge is 0.240 e. The Hall–Kier alpha value is -1.40. The van der Waals surface area contributed by atoms with Gasteiger partial charge in [-0.1, -0.05) is 6.08 Å². The van der Waals surface area contributed by atoms with Gasteiger partial charge in [-0.3, -0.25) is 0 Å². The molecule has 0 saturated carbocycles. The second kappa shape index (κ2) is 5.29. The van der Waals surface area contributed by atoms with E-state index in [1.54, 1.807) is 13.0 Å². The SMILES string of the molecule is C=CCC(C)NS(=O)(=O)c1cc(N)cc(F)c1. The maximum atomic E-state index is 13.1. The summed E-state index contributed by atoms with van der Waals surface area (Å²) in [4.78, 5) is -0.175. The van der Waals surface area contributed by atoms with Gasteiger partial charge >= 0.3 is 0 Å². The molecule has 4 nitrogen and oxygen atoms in total. The van der Waals surface area contributed by atoms with Gasteiger partial charge in [-0.25, -0.2) is 17.5 Å². The van der Waals surface area contributed by atoms with Crippen LogP contribution in [0, 0.1) is 5.82 Å². The molecular formula is C11H15FN2O2S. The average molecular weight is 258 g/mol. The maximum absolute atomic E-state index is 13.1. The van der Waals surface area contributed by atoms with Crippen molar-refractivity contribution in [3.63, 3.8) is 0 Å². The number of nitrogens with two attached hydrogens (primary N) is 1. The summed E-state index contributed by atoms with van der Waals surface area (Å²) < 4.78 is 39.2. The number of nitrogens with one attached hydrogen (secondary N) is 1. The highest BCUT2D eigenvalue weighted by molar-refractivity contribution is 7.89. The standard InChI is InChI=1S/C11H15FN2O2S/c1-3-4-8(2)14-17(15,16)11-6-9(12)5-10(13)7-11/h3,5-8,14H,1,4,13H2,2H3. The summed E-state index contributed by atoms with van der Waals surface area (Å²) in [6.45, 7) is 5.21. The monoisotopic (exact) mass is 258 g/mol. The van der Waals surface area contributed by atoms with Gasteiger partial charge in [0, 0.05) is 11.7 Å². The van der Waals surface area contributed by atoms with Crippen molar-refractivity contribution >= 4 is 15.7 Å². The highest BCUT2D eigenvalue weighted by Crippen LogP contribution is 2.16. The molecule has 0 amide bonds. The van der Waals surface area contributed by atoms with E-state index in [0.29, 0.717) is 6.42 Å².